The highest BCUT2D eigenvalue weighted by Crippen LogP contribution is 2.31. The van der Waals surface area contributed by atoms with Crippen molar-refractivity contribution in [1.82, 2.24) is 5.32 Å². The van der Waals surface area contributed by atoms with Crippen molar-refractivity contribution in [3.8, 4) is 0 Å². The fourth-order valence-corrected chi connectivity index (χ4v) is 2.22. The minimum Gasteiger partial charge on any atom is -0.467 e. The predicted molar refractivity (Wildman–Crippen MR) is 76.4 cm³/mol. The molecule has 8 heteroatoms. The van der Waals surface area contributed by atoms with Crippen LogP contribution in [0.1, 0.15) is 6.92 Å². The van der Waals surface area contributed by atoms with E-state index in [1.54, 1.807) is 24.3 Å². The van der Waals surface area contributed by atoms with E-state index in [4.69, 9.17) is 0 Å². The smallest absolute Gasteiger partial charge is 0.330 e. The number of thioether (sulfide) groups is 1. The number of anilines is 1. The molecule has 0 heterocycles. The first kappa shape index (κ1) is 17.2. The molecule has 1 atom stereocenters. The lowest BCUT2D eigenvalue weighted by atomic mass is 10.2. The largest absolute Gasteiger partial charge is 0.467 e. The van der Waals surface area contributed by atoms with Gasteiger partial charge in [0.1, 0.15) is 6.04 Å². The number of carbonyl (C=O) groups is 2. The Morgan fingerprint density at radius 1 is 1.33 bits per heavy atom. The first-order valence-corrected chi connectivity index (χ1v) is 6.94. The molecule has 1 amide bonds. The Morgan fingerprint density at radius 3 is 2.57 bits per heavy atom. The minimum absolute atomic E-state index is 0.0348. The Labute approximate surface area is 125 Å². The lowest BCUT2D eigenvalue weighted by Gasteiger charge is -2.18. The summed E-state index contributed by atoms with van der Waals surface area (Å²) < 4.78 is 29.5. The van der Waals surface area contributed by atoms with Gasteiger partial charge in [0.25, 0.3) is 5.76 Å². The molecule has 0 aliphatic rings. The van der Waals surface area contributed by atoms with E-state index in [0.717, 1.165) is 0 Å². The maximum atomic E-state index is 12.5. The number of rotatable bonds is 7. The molecular weight excluding hydrogens is 302 g/mol. The summed E-state index contributed by atoms with van der Waals surface area (Å²) >= 11 is 0.405. The zero-order chi connectivity index (χ0) is 15.8. The standard InChI is InChI=1S/C13H16F2N2O3S/c1-8(18)17-10(12(19)20-2)7-16-9-5-3-4-6-11(9)21-13(14)15/h3-6,10,13,16H,7H2,1-2H3,(H,17,18). The average Bonchev–Trinajstić information content (AvgIpc) is 2.43. The van der Waals surface area contributed by atoms with E-state index >= 15 is 0 Å². The Kier molecular flexibility index (Phi) is 6.93. The van der Waals surface area contributed by atoms with E-state index in [1.165, 1.54) is 14.0 Å². The summed E-state index contributed by atoms with van der Waals surface area (Å²) in [6.45, 7) is 1.31. The molecule has 1 rings (SSSR count). The number of halogens is 2. The normalized spacial score (nSPS) is 11.9. The van der Waals surface area contributed by atoms with Crippen LogP contribution in [0.2, 0.25) is 0 Å². The van der Waals surface area contributed by atoms with Crippen molar-refractivity contribution in [3.05, 3.63) is 24.3 Å². The molecule has 0 saturated heterocycles. The number of amides is 1. The first-order valence-electron chi connectivity index (χ1n) is 6.06. The number of nitrogens with one attached hydrogen (secondary N) is 2. The predicted octanol–water partition coefficient (Wildman–Crippen LogP) is 2.09. The summed E-state index contributed by atoms with van der Waals surface area (Å²) in [5.41, 5.74) is 0.460. The lowest BCUT2D eigenvalue weighted by molar-refractivity contribution is -0.144. The molecule has 0 saturated carbocycles. The van der Waals surface area contributed by atoms with Gasteiger partial charge < -0.3 is 15.4 Å². The van der Waals surface area contributed by atoms with Crippen LogP contribution in [0.15, 0.2) is 29.2 Å². The van der Waals surface area contributed by atoms with E-state index < -0.39 is 17.8 Å². The van der Waals surface area contributed by atoms with Crippen LogP contribution in [0, 0.1) is 0 Å². The highest BCUT2D eigenvalue weighted by Gasteiger charge is 2.20. The van der Waals surface area contributed by atoms with Crippen LogP contribution < -0.4 is 10.6 Å². The Bertz CT molecular complexity index is 500. The van der Waals surface area contributed by atoms with Gasteiger partial charge in [-0.3, -0.25) is 4.79 Å². The molecule has 0 aromatic heterocycles. The maximum Gasteiger partial charge on any atom is 0.330 e. The molecule has 5 nitrogen and oxygen atoms in total. The van der Waals surface area contributed by atoms with Crippen LogP contribution in [0.5, 0.6) is 0 Å². The summed E-state index contributed by atoms with van der Waals surface area (Å²) in [6, 6.07) is 5.60. The number of hydrogen-bond donors (Lipinski definition) is 2. The van der Waals surface area contributed by atoms with E-state index in [-0.39, 0.29) is 12.5 Å². The highest BCUT2D eigenvalue weighted by atomic mass is 32.2. The van der Waals surface area contributed by atoms with Gasteiger partial charge in [0.05, 0.1) is 7.11 Å². The van der Waals surface area contributed by atoms with Gasteiger partial charge in [-0.05, 0) is 12.1 Å². The SMILES string of the molecule is COC(=O)C(CNc1ccccc1SC(F)F)NC(C)=O. The van der Waals surface area contributed by atoms with Gasteiger partial charge in [0.15, 0.2) is 0 Å². The molecule has 2 N–H and O–H groups in total. The number of ether oxygens (including phenoxy) is 1. The molecule has 1 aromatic rings. The van der Waals surface area contributed by atoms with Crippen molar-refractivity contribution in [1.29, 1.82) is 0 Å². The molecule has 21 heavy (non-hydrogen) atoms. The molecule has 0 aliphatic carbocycles. The van der Waals surface area contributed by atoms with Gasteiger partial charge in [-0.1, -0.05) is 23.9 Å². The summed E-state index contributed by atoms with van der Waals surface area (Å²) in [7, 11) is 1.21. The van der Waals surface area contributed by atoms with Gasteiger partial charge in [-0.25, -0.2) is 4.79 Å². The quantitative estimate of drug-likeness (QED) is 0.595. The van der Waals surface area contributed by atoms with E-state index in [0.29, 0.717) is 22.3 Å². The monoisotopic (exact) mass is 318 g/mol. The van der Waals surface area contributed by atoms with Gasteiger partial charge in [-0.2, -0.15) is 8.78 Å². The van der Waals surface area contributed by atoms with Crippen molar-refractivity contribution in [3.63, 3.8) is 0 Å². The number of benzene rings is 1. The van der Waals surface area contributed by atoms with Gasteiger partial charge in [0.2, 0.25) is 5.91 Å². The second-order valence-electron chi connectivity index (χ2n) is 4.03. The second kappa shape index (κ2) is 8.46. The topological polar surface area (TPSA) is 67.4 Å². The Morgan fingerprint density at radius 2 is 2.00 bits per heavy atom. The van der Waals surface area contributed by atoms with Crippen molar-refractivity contribution < 1.29 is 23.1 Å². The van der Waals surface area contributed by atoms with Crippen LogP contribution in [-0.4, -0.2) is 37.3 Å². The van der Waals surface area contributed by atoms with Gasteiger partial charge in [0, 0.05) is 24.1 Å². The molecule has 0 fully saturated rings. The van der Waals surface area contributed by atoms with Crippen LogP contribution in [-0.2, 0) is 14.3 Å². The van der Waals surface area contributed by atoms with E-state index in [1.807, 2.05) is 0 Å². The summed E-state index contributed by atoms with van der Waals surface area (Å²) in [5, 5.41) is 5.30. The van der Waals surface area contributed by atoms with Crippen molar-refractivity contribution in [2.75, 3.05) is 19.0 Å². The lowest BCUT2D eigenvalue weighted by Crippen LogP contribution is -2.45. The number of esters is 1. The van der Waals surface area contributed by atoms with Gasteiger partial charge >= 0.3 is 5.97 Å². The van der Waals surface area contributed by atoms with Crippen LogP contribution in [0.3, 0.4) is 0 Å². The Hall–Kier alpha value is -1.83. The molecule has 0 radical (unpaired) electrons. The number of para-hydroxylation sites is 1. The van der Waals surface area contributed by atoms with Crippen LogP contribution >= 0.6 is 11.8 Å². The molecule has 116 valence electrons. The van der Waals surface area contributed by atoms with E-state index in [2.05, 4.69) is 15.4 Å². The first-order chi connectivity index (χ1) is 9.93. The number of carbonyl (C=O) groups excluding carboxylic acids is 2. The third-order valence-electron chi connectivity index (χ3n) is 2.46. The van der Waals surface area contributed by atoms with Crippen molar-refractivity contribution >= 4 is 29.3 Å². The highest BCUT2D eigenvalue weighted by molar-refractivity contribution is 7.99. The summed E-state index contributed by atoms with van der Waals surface area (Å²) in [6.07, 6.45) is 0. The molecule has 1 unspecified atom stereocenters. The number of hydrogen-bond acceptors (Lipinski definition) is 5. The zero-order valence-electron chi connectivity index (χ0n) is 11.6. The van der Waals surface area contributed by atoms with Crippen molar-refractivity contribution in [2.45, 2.75) is 23.6 Å². The molecule has 0 spiro atoms. The minimum atomic E-state index is -2.54. The van der Waals surface area contributed by atoms with Crippen molar-refractivity contribution in [2.24, 2.45) is 0 Å². The fourth-order valence-electron chi connectivity index (χ4n) is 1.60. The number of methoxy groups -OCH3 is 1. The third-order valence-corrected chi connectivity index (χ3v) is 3.25. The average molecular weight is 318 g/mol. The molecule has 0 aliphatic heterocycles. The van der Waals surface area contributed by atoms with Crippen LogP contribution in [0.25, 0.3) is 0 Å². The fraction of sp³-hybridized carbons (Fsp3) is 0.385. The van der Waals surface area contributed by atoms with Gasteiger partial charge in [-0.15, -0.1) is 0 Å². The van der Waals surface area contributed by atoms with E-state index in [9.17, 15) is 18.4 Å². The summed E-state index contributed by atoms with van der Waals surface area (Å²) in [4.78, 5) is 22.9. The molecule has 1 aromatic carbocycles. The number of alkyl halides is 2. The molecule has 0 bridgehead atoms. The maximum absolute atomic E-state index is 12.5. The second-order valence-corrected chi connectivity index (χ2v) is 5.06. The zero-order valence-corrected chi connectivity index (χ0v) is 12.4. The third kappa shape index (κ3) is 5.99. The van der Waals surface area contributed by atoms with Crippen LogP contribution in [0.4, 0.5) is 14.5 Å². The Balaban J connectivity index is 2.75. The summed E-state index contributed by atoms with van der Waals surface area (Å²) in [5.74, 6) is -3.54. The molecular formula is C13H16F2N2O3S.